The Kier molecular flexibility index (Phi) is 6.10. The molecule has 2 nitrogen and oxygen atoms in total. The molecular weight excluding hydrogens is 256 g/mol. The molecule has 0 atom stereocenters. The summed E-state index contributed by atoms with van der Waals surface area (Å²) < 4.78 is 0. The molecule has 0 unspecified atom stereocenters. The van der Waals surface area contributed by atoms with Gasteiger partial charge in [-0.15, -0.1) is 0 Å². The summed E-state index contributed by atoms with van der Waals surface area (Å²) in [5.41, 5.74) is 4.20. The van der Waals surface area contributed by atoms with Gasteiger partial charge in [-0.05, 0) is 43.0 Å². The zero-order valence-corrected chi connectivity index (χ0v) is 14.3. The number of benzene rings is 1. The van der Waals surface area contributed by atoms with Gasteiger partial charge in [0.1, 0.15) is 0 Å². The highest BCUT2D eigenvalue weighted by Crippen LogP contribution is 2.26. The smallest absolute Gasteiger partial charge is 0.0368 e. The summed E-state index contributed by atoms with van der Waals surface area (Å²) in [6, 6.07) is 8.23. The van der Waals surface area contributed by atoms with Gasteiger partial charge < -0.3 is 10.2 Å². The first kappa shape index (κ1) is 16.4. The van der Waals surface area contributed by atoms with Crippen molar-refractivity contribution in [2.24, 2.45) is 0 Å². The van der Waals surface area contributed by atoms with Crippen LogP contribution in [0.1, 0.15) is 63.5 Å². The van der Waals surface area contributed by atoms with Crippen LogP contribution in [0.15, 0.2) is 18.2 Å². The summed E-state index contributed by atoms with van der Waals surface area (Å²) in [6.07, 6.45) is 8.33. The molecular formula is C19H32N2. The molecule has 0 amide bonds. The predicted molar refractivity (Wildman–Crippen MR) is 93.0 cm³/mol. The van der Waals surface area contributed by atoms with Crippen molar-refractivity contribution < 1.29 is 0 Å². The van der Waals surface area contributed by atoms with E-state index in [2.05, 4.69) is 56.2 Å². The second-order valence-corrected chi connectivity index (χ2v) is 6.90. The third kappa shape index (κ3) is 4.74. The van der Waals surface area contributed by atoms with Gasteiger partial charge in [0, 0.05) is 31.4 Å². The number of hydrogen-bond acceptors (Lipinski definition) is 2. The minimum atomic E-state index is 0.540. The molecule has 1 aromatic rings. The SMILES string of the molecule is Cc1cc(N(C)C2CCCCCC2)ccc1CNC(C)C. The maximum absolute atomic E-state index is 3.51. The van der Waals surface area contributed by atoms with Gasteiger partial charge in [0.05, 0.1) is 0 Å². The topological polar surface area (TPSA) is 15.3 Å². The molecule has 1 saturated carbocycles. The summed E-state index contributed by atoms with van der Waals surface area (Å²) in [6.45, 7) is 7.60. The Balaban J connectivity index is 2.04. The number of nitrogens with zero attached hydrogens (tertiary/aromatic N) is 1. The average molecular weight is 288 g/mol. The van der Waals surface area contributed by atoms with Crippen molar-refractivity contribution in [3.63, 3.8) is 0 Å². The molecule has 2 rings (SSSR count). The van der Waals surface area contributed by atoms with E-state index in [1.54, 1.807) is 0 Å². The first-order valence-corrected chi connectivity index (χ1v) is 8.63. The van der Waals surface area contributed by atoms with E-state index in [9.17, 15) is 0 Å². The molecule has 0 saturated heterocycles. The van der Waals surface area contributed by atoms with Gasteiger partial charge in [-0.25, -0.2) is 0 Å². The molecule has 0 radical (unpaired) electrons. The molecule has 2 heteroatoms. The molecule has 0 aliphatic heterocycles. The molecule has 1 N–H and O–H groups in total. The van der Waals surface area contributed by atoms with Crippen LogP contribution in [-0.2, 0) is 6.54 Å². The van der Waals surface area contributed by atoms with Crippen LogP contribution in [0, 0.1) is 6.92 Å². The molecule has 0 bridgehead atoms. The predicted octanol–water partition coefficient (Wildman–Crippen LogP) is 4.65. The van der Waals surface area contributed by atoms with E-state index in [4.69, 9.17) is 0 Å². The number of rotatable bonds is 5. The minimum absolute atomic E-state index is 0.540. The first-order valence-electron chi connectivity index (χ1n) is 8.63. The van der Waals surface area contributed by atoms with Gasteiger partial charge in [0.2, 0.25) is 0 Å². The zero-order valence-electron chi connectivity index (χ0n) is 14.3. The Morgan fingerprint density at radius 2 is 1.81 bits per heavy atom. The van der Waals surface area contributed by atoms with Crippen molar-refractivity contribution in [2.45, 2.75) is 77.9 Å². The van der Waals surface area contributed by atoms with Crippen LogP contribution in [0.25, 0.3) is 0 Å². The van der Waals surface area contributed by atoms with Gasteiger partial charge in [-0.1, -0.05) is 45.6 Å². The third-order valence-corrected chi connectivity index (χ3v) is 4.81. The quantitative estimate of drug-likeness (QED) is 0.793. The van der Waals surface area contributed by atoms with Gasteiger partial charge in [-0.2, -0.15) is 0 Å². The van der Waals surface area contributed by atoms with Crippen LogP contribution in [0.3, 0.4) is 0 Å². The minimum Gasteiger partial charge on any atom is -0.372 e. The van der Waals surface area contributed by atoms with E-state index < -0.39 is 0 Å². The molecule has 1 aliphatic rings. The van der Waals surface area contributed by atoms with Crippen molar-refractivity contribution in [3.05, 3.63) is 29.3 Å². The molecule has 1 fully saturated rings. The Bertz CT molecular complexity index is 431. The zero-order chi connectivity index (χ0) is 15.2. The molecule has 0 aromatic heterocycles. The van der Waals surface area contributed by atoms with Crippen LogP contribution >= 0.6 is 0 Å². The third-order valence-electron chi connectivity index (χ3n) is 4.81. The number of anilines is 1. The van der Waals surface area contributed by atoms with Crippen molar-refractivity contribution in [1.29, 1.82) is 0 Å². The van der Waals surface area contributed by atoms with Crippen LogP contribution in [0.2, 0.25) is 0 Å². The highest BCUT2D eigenvalue weighted by molar-refractivity contribution is 5.51. The molecule has 1 aliphatic carbocycles. The van der Waals surface area contributed by atoms with Crippen LogP contribution in [0.5, 0.6) is 0 Å². The van der Waals surface area contributed by atoms with Crippen molar-refractivity contribution in [1.82, 2.24) is 5.32 Å². The van der Waals surface area contributed by atoms with Crippen LogP contribution in [-0.4, -0.2) is 19.1 Å². The lowest BCUT2D eigenvalue weighted by molar-refractivity contribution is 0.552. The summed E-state index contributed by atoms with van der Waals surface area (Å²) >= 11 is 0. The van der Waals surface area contributed by atoms with Gasteiger partial charge >= 0.3 is 0 Å². The monoisotopic (exact) mass is 288 g/mol. The lowest BCUT2D eigenvalue weighted by Crippen LogP contribution is -2.31. The Labute approximate surface area is 130 Å². The summed E-state index contributed by atoms with van der Waals surface area (Å²) in [5.74, 6) is 0. The maximum atomic E-state index is 3.51. The first-order chi connectivity index (χ1) is 10.1. The van der Waals surface area contributed by atoms with E-state index in [0.717, 1.165) is 12.6 Å². The molecule has 1 aromatic carbocycles. The van der Waals surface area contributed by atoms with Crippen molar-refractivity contribution in [3.8, 4) is 0 Å². The maximum Gasteiger partial charge on any atom is 0.0368 e. The largest absolute Gasteiger partial charge is 0.372 e. The normalized spacial score (nSPS) is 17.0. The number of nitrogens with one attached hydrogen (secondary N) is 1. The fourth-order valence-electron chi connectivity index (χ4n) is 3.27. The van der Waals surface area contributed by atoms with E-state index in [0.29, 0.717) is 6.04 Å². The van der Waals surface area contributed by atoms with E-state index in [1.165, 1.54) is 55.3 Å². The van der Waals surface area contributed by atoms with E-state index >= 15 is 0 Å². The second-order valence-electron chi connectivity index (χ2n) is 6.90. The van der Waals surface area contributed by atoms with Crippen molar-refractivity contribution >= 4 is 5.69 Å². The molecule has 21 heavy (non-hydrogen) atoms. The average Bonchev–Trinajstić information content (AvgIpc) is 2.74. The lowest BCUT2D eigenvalue weighted by atomic mass is 10.0. The lowest BCUT2D eigenvalue weighted by Gasteiger charge is -2.30. The van der Waals surface area contributed by atoms with Crippen LogP contribution in [0.4, 0.5) is 5.69 Å². The highest BCUT2D eigenvalue weighted by atomic mass is 15.1. The summed E-state index contributed by atoms with van der Waals surface area (Å²) in [4.78, 5) is 2.51. The highest BCUT2D eigenvalue weighted by Gasteiger charge is 2.17. The molecule has 0 heterocycles. The Morgan fingerprint density at radius 1 is 1.14 bits per heavy atom. The van der Waals surface area contributed by atoms with Crippen molar-refractivity contribution in [2.75, 3.05) is 11.9 Å². The van der Waals surface area contributed by atoms with E-state index in [1.807, 2.05) is 0 Å². The van der Waals surface area contributed by atoms with Gasteiger partial charge in [-0.3, -0.25) is 0 Å². The molecule has 118 valence electrons. The van der Waals surface area contributed by atoms with Gasteiger partial charge in [0.25, 0.3) is 0 Å². The fourth-order valence-corrected chi connectivity index (χ4v) is 3.27. The van der Waals surface area contributed by atoms with E-state index in [-0.39, 0.29) is 0 Å². The molecule has 0 spiro atoms. The summed E-state index contributed by atoms with van der Waals surface area (Å²) in [7, 11) is 2.27. The fraction of sp³-hybridized carbons (Fsp3) is 0.684. The van der Waals surface area contributed by atoms with Crippen LogP contribution < -0.4 is 10.2 Å². The summed E-state index contributed by atoms with van der Waals surface area (Å²) in [5, 5.41) is 3.51. The number of aryl methyl sites for hydroxylation is 1. The second kappa shape index (κ2) is 7.84. The standard InChI is InChI=1S/C19H32N2/c1-15(2)20-14-17-11-12-19(13-16(17)3)21(4)18-9-7-5-6-8-10-18/h11-13,15,18,20H,5-10,14H2,1-4H3. The Hall–Kier alpha value is -1.02. The number of hydrogen-bond donors (Lipinski definition) is 1. The Morgan fingerprint density at radius 3 is 2.38 bits per heavy atom. The van der Waals surface area contributed by atoms with Gasteiger partial charge in [0.15, 0.2) is 0 Å².